The van der Waals surface area contributed by atoms with Gasteiger partial charge < -0.3 is 24.4 Å². The number of esters is 1. The van der Waals surface area contributed by atoms with Gasteiger partial charge in [0.25, 0.3) is 5.91 Å². The number of nitrogens with one attached hydrogen (secondary N) is 1. The summed E-state index contributed by atoms with van der Waals surface area (Å²) in [6.07, 6.45) is 0.854. The minimum Gasteiger partial charge on any atom is -0.486 e. The monoisotopic (exact) mass is 436 g/mol. The Hall–Kier alpha value is -3.55. The lowest BCUT2D eigenvalue weighted by molar-refractivity contribution is -0.160. The molecule has 2 amide bonds. The summed E-state index contributed by atoms with van der Waals surface area (Å²) in [7, 11) is 0. The largest absolute Gasteiger partial charge is 0.486 e. The molecule has 1 saturated heterocycles. The van der Waals surface area contributed by atoms with Gasteiger partial charge in [0, 0.05) is 36.3 Å². The van der Waals surface area contributed by atoms with Crippen LogP contribution in [-0.2, 0) is 19.1 Å². The van der Waals surface area contributed by atoms with Gasteiger partial charge in [-0.3, -0.25) is 14.4 Å². The van der Waals surface area contributed by atoms with Gasteiger partial charge in [0.2, 0.25) is 12.0 Å². The Morgan fingerprint density at radius 3 is 2.53 bits per heavy atom. The van der Waals surface area contributed by atoms with Gasteiger partial charge in [0.1, 0.15) is 13.2 Å². The predicted octanol–water partition coefficient (Wildman–Crippen LogP) is 2.37. The number of nitrogens with zero attached hydrogens (tertiary/aromatic N) is 1. The summed E-state index contributed by atoms with van der Waals surface area (Å²) < 4.78 is 16.8. The average Bonchev–Trinajstić information content (AvgIpc) is 3.55. The number of fused-ring (bicyclic) bond motifs is 1. The van der Waals surface area contributed by atoms with Crippen molar-refractivity contribution in [2.45, 2.75) is 31.4 Å². The van der Waals surface area contributed by atoms with E-state index in [1.165, 1.54) is 0 Å². The molecular formula is C24H24N2O6. The van der Waals surface area contributed by atoms with E-state index in [0.29, 0.717) is 36.0 Å². The zero-order chi connectivity index (χ0) is 22.1. The Kier molecular flexibility index (Phi) is 5.43. The lowest BCUT2D eigenvalue weighted by Gasteiger charge is -2.22. The highest BCUT2D eigenvalue weighted by atomic mass is 16.6. The molecule has 166 valence electrons. The van der Waals surface area contributed by atoms with E-state index in [-0.39, 0.29) is 30.8 Å². The molecule has 8 nitrogen and oxygen atoms in total. The zero-order valence-corrected chi connectivity index (χ0v) is 17.5. The fourth-order valence-corrected chi connectivity index (χ4v) is 3.93. The summed E-state index contributed by atoms with van der Waals surface area (Å²) in [6, 6.07) is 14.4. The standard InChI is InChI=1S/C24H24N2O6/c27-21-12-16(14-26(21)18-8-9-19-20(13-18)31-11-10-30-19)24(29)32-22(15-4-2-1-3-5-15)23(28)25-17-6-7-17/h1-5,8-9,13,16-17,22H,6-7,10-12,14H2,(H,25,28)/t16-,22+/m1/s1. The maximum Gasteiger partial charge on any atom is 0.312 e. The molecule has 2 atom stereocenters. The number of anilines is 1. The van der Waals surface area contributed by atoms with E-state index in [1.54, 1.807) is 47.4 Å². The first-order valence-corrected chi connectivity index (χ1v) is 10.8. The third-order valence-corrected chi connectivity index (χ3v) is 5.79. The molecule has 0 spiro atoms. The summed E-state index contributed by atoms with van der Waals surface area (Å²) in [4.78, 5) is 39.9. The van der Waals surface area contributed by atoms with Crippen LogP contribution in [0.4, 0.5) is 5.69 Å². The number of benzene rings is 2. The highest BCUT2D eigenvalue weighted by Gasteiger charge is 2.39. The summed E-state index contributed by atoms with van der Waals surface area (Å²) in [5.41, 5.74) is 1.24. The van der Waals surface area contributed by atoms with Crippen LogP contribution in [0.25, 0.3) is 0 Å². The Bertz CT molecular complexity index is 1040. The molecule has 1 aliphatic carbocycles. The van der Waals surface area contributed by atoms with Gasteiger partial charge in [0.05, 0.1) is 5.92 Å². The smallest absolute Gasteiger partial charge is 0.312 e. The number of carbonyl (C=O) groups excluding carboxylic acids is 3. The molecule has 1 N–H and O–H groups in total. The van der Waals surface area contributed by atoms with E-state index < -0.39 is 18.0 Å². The summed E-state index contributed by atoms with van der Waals surface area (Å²) in [5.74, 6) is -0.514. The van der Waals surface area contributed by atoms with Gasteiger partial charge in [-0.15, -0.1) is 0 Å². The lowest BCUT2D eigenvalue weighted by atomic mass is 10.1. The van der Waals surface area contributed by atoms with Gasteiger partial charge in [-0.25, -0.2) is 0 Å². The topological polar surface area (TPSA) is 94.2 Å². The molecule has 2 aromatic rings. The second kappa shape index (κ2) is 8.53. The van der Waals surface area contributed by atoms with Crippen LogP contribution in [0.1, 0.15) is 30.9 Å². The zero-order valence-electron chi connectivity index (χ0n) is 17.5. The third kappa shape index (κ3) is 4.26. The number of amides is 2. The van der Waals surface area contributed by atoms with Crippen molar-refractivity contribution in [1.82, 2.24) is 5.32 Å². The fourth-order valence-electron chi connectivity index (χ4n) is 3.93. The first kappa shape index (κ1) is 20.4. The molecule has 0 bridgehead atoms. The second-order valence-electron chi connectivity index (χ2n) is 8.24. The molecule has 3 aliphatic rings. The van der Waals surface area contributed by atoms with Crippen LogP contribution in [-0.4, -0.2) is 43.6 Å². The molecule has 2 aliphatic heterocycles. The highest BCUT2D eigenvalue weighted by molar-refractivity contribution is 6.00. The molecule has 2 fully saturated rings. The minimum atomic E-state index is -1.04. The Balaban J connectivity index is 1.29. The quantitative estimate of drug-likeness (QED) is 0.699. The molecule has 2 heterocycles. The molecular weight excluding hydrogens is 412 g/mol. The van der Waals surface area contributed by atoms with Crippen LogP contribution >= 0.6 is 0 Å². The van der Waals surface area contributed by atoms with E-state index in [1.807, 2.05) is 6.07 Å². The maximum absolute atomic E-state index is 13.0. The van der Waals surface area contributed by atoms with Crippen LogP contribution < -0.4 is 19.7 Å². The number of carbonyl (C=O) groups is 3. The van der Waals surface area contributed by atoms with Crippen LogP contribution in [0.3, 0.4) is 0 Å². The second-order valence-corrected chi connectivity index (χ2v) is 8.24. The van der Waals surface area contributed by atoms with Crippen molar-refractivity contribution >= 4 is 23.5 Å². The maximum atomic E-state index is 13.0. The van der Waals surface area contributed by atoms with Crippen molar-refractivity contribution in [2.75, 3.05) is 24.7 Å². The van der Waals surface area contributed by atoms with Crippen LogP contribution in [0.15, 0.2) is 48.5 Å². The Morgan fingerprint density at radius 2 is 1.78 bits per heavy atom. The molecule has 0 radical (unpaired) electrons. The lowest BCUT2D eigenvalue weighted by Crippen LogP contribution is -2.35. The third-order valence-electron chi connectivity index (χ3n) is 5.79. The van der Waals surface area contributed by atoms with Crippen LogP contribution in [0.5, 0.6) is 11.5 Å². The van der Waals surface area contributed by atoms with Crippen molar-refractivity contribution < 1.29 is 28.6 Å². The molecule has 1 saturated carbocycles. The van der Waals surface area contributed by atoms with Crippen LogP contribution in [0.2, 0.25) is 0 Å². The van der Waals surface area contributed by atoms with Crippen LogP contribution in [0, 0.1) is 5.92 Å². The van der Waals surface area contributed by atoms with Crippen molar-refractivity contribution in [3.05, 3.63) is 54.1 Å². The van der Waals surface area contributed by atoms with Crippen molar-refractivity contribution in [2.24, 2.45) is 5.92 Å². The highest BCUT2D eigenvalue weighted by Crippen LogP contribution is 2.36. The molecule has 8 heteroatoms. The van der Waals surface area contributed by atoms with Gasteiger partial charge in [-0.2, -0.15) is 0 Å². The summed E-state index contributed by atoms with van der Waals surface area (Å²) >= 11 is 0. The van der Waals surface area contributed by atoms with E-state index in [4.69, 9.17) is 14.2 Å². The first-order chi connectivity index (χ1) is 15.6. The van der Waals surface area contributed by atoms with Gasteiger partial charge in [-0.1, -0.05) is 30.3 Å². The van der Waals surface area contributed by atoms with Crippen molar-refractivity contribution in [3.63, 3.8) is 0 Å². The van der Waals surface area contributed by atoms with E-state index in [9.17, 15) is 14.4 Å². The van der Waals surface area contributed by atoms with E-state index >= 15 is 0 Å². The Morgan fingerprint density at radius 1 is 1.03 bits per heavy atom. The number of ether oxygens (including phenoxy) is 3. The average molecular weight is 436 g/mol. The number of rotatable bonds is 6. The minimum absolute atomic E-state index is 0.0268. The molecule has 5 rings (SSSR count). The molecule has 2 aromatic carbocycles. The van der Waals surface area contributed by atoms with Gasteiger partial charge in [-0.05, 0) is 25.0 Å². The normalized spacial score (nSPS) is 20.6. The van der Waals surface area contributed by atoms with Crippen molar-refractivity contribution in [1.29, 1.82) is 0 Å². The van der Waals surface area contributed by atoms with E-state index in [2.05, 4.69) is 5.32 Å². The summed E-state index contributed by atoms with van der Waals surface area (Å²) in [6.45, 7) is 1.12. The number of hydrogen-bond acceptors (Lipinski definition) is 6. The first-order valence-electron chi connectivity index (χ1n) is 10.8. The fraction of sp³-hybridized carbons (Fsp3) is 0.375. The van der Waals surface area contributed by atoms with Crippen molar-refractivity contribution in [3.8, 4) is 11.5 Å². The molecule has 0 aromatic heterocycles. The Labute approximate surface area is 185 Å². The van der Waals surface area contributed by atoms with Gasteiger partial charge in [0.15, 0.2) is 11.5 Å². The predicted molar refractivity (Wildman–Crippen MR) is 114 cm³/mol. The van der Waals surface area contributed by atoms with Gasteiger partial charge >= 0.3 is 5.97 Å². The molecule has 0 unspecified atom stereocenters. The SMILES string of the molecule is O=C(O[C@H](C(=O)NC1CC1)c1ccccc1)[C@@H]1CC(=O)N(c2ccc3c(c2)OCCO3)C1. The number of hydrogen-bond donors (Lipinski definition) is 1. The summed E-state index contributed by atoms with van der Waals surface area (Å²) in [5, 5.41) is 2.90. The van der Waals surface area contributed by atoms with E-state index in [0.717, 1.165) is 12.8 Å². The molecule has 32 heavy (non-hydrogen) atoms.